The highest BCUT2D eigenvalue weighted by atomic mass is 16.1. The Hall–Kier alpha value is -2.53. The molecule has 0 bridgehead atoms. The van der Waals surface area contributed by atoms with Gasteiger partial charge in [0.1, 0.15) is 0 Å². The molecule has 0 atom stereocenters. The molecule has 118 valence electrons. The minimum absolute atomic E-state index is 0.162. The molecule has 5 heteroatoms. The van der Waals surface area contributed by atoms with Crippen molar-refractivity contribution in [2.45, 2.75) is 19.4 Å². The lowest BCUT2D eigenvalue weighted by Gasteiger charge is -2.17. The summed E-state index contributed by atoms with van der Waals surface area (Å²) in [6.07, 6.45) is 10.5. The van der Waals surface area contributed by atoms with Gasteiger partial charge in [-0.2, -0.15) is 0 Å². The third kappa shape index (κ3) is 4.47. The molecule has 2 heterocycles. The predicted molar refractivity (Wildman–Crippen MR) is 90.6 cm³/mol. The lowest BCUT2D eigenvalue weighted by Crippen LogP contribution is -2.20. The van der Waals surface area contributed by atoms with Crippen LogP contribution in [-0.4, -0.2) is 33.9 Å². The van der Waals surface area contributed by atoms with E-state index in [0.717, 1.165) is 30.9 Å². The molecule has 1 aliphatic rings. The molecule has 1 N–H and O–H groups in total. The molecule has 0 unspecified atom stereocenters. The van der Waals surface area contributed by atoms with Crippen LogP contribution in [0.15, 0.2) is 48.9 Å². The summed E-state index contributed by atoms with van der Waals surface area (Å²) in [7, 11) is 0. The zero-order valence-electron chi connectivity index (χ0n) is 13.0. The number of hydrogen-bond acceptors (Lipinski definition) is 4. The Labute approximate surface area is 136 Å². The van der Waals surface area contributed by atoms with Crippen molar-refractivity contribution in [2.24, 2.45) is 0 Å². The molecule has 1 fully saturated rings. The van der Waals surface area contributed by atoms with Gasteiger partial charge in [-0.25, -0.2) is 0 Å². The van der Waals surface area contributed by atoms with E-state index in [1.165, 1.54) is 18.9 Å². The first-order chi connectivity index (χ1) is 11.3. The van der Waals surface area contributed by atoms with Gasteiger partial charge in [-0.15, -0.1) is 0 Å². The van der Waals surface area contributed by atoms with Crippen LogP contribution >= 0.6 is 0 Å². The van der Waals surface area contributed by atoms with Gasteiger partial charge in [0.05, 0.1) is 11.9 Å². The zero-order chi connectivity index (χ0) is 15.9. The molecule has 2 aromatic rings. The van der Waals surface area contributed by atoms with Crippen LogP contribution in [0.1, 0.15) is 24.1 Å². The average Bonchev–Trinajstić information content (AvgIpc) is 3.09. The molecule has 1 aromatic heterocycles. The standard InChI is InChI=1S/C18H20N4O/c23-18(8-7-16-13-19-9-10-20-16)21-17-6-2-1-5-15(17)14-22-11-3-4-12-22/h1-2,5-10,13H,3-4,11-12,14H2,(H,21,23)/b8-7+. The average molecular weight is 308 g/mol. The number of likely N-dealkylation sites (tertiary alicyclic amines) is 1. The van der Waals surface area contributed by atoms with Gasteiger partial charge in [0, 0.05) is 30.7 Å². The summed E-state index contributed by atoms with van der Waals surface area (Å²) in [5.74, 6) is -0.162. The summed E-state index contributed by atoms with van der Waals surface area (Å²) in [5, 5.41) is 2.95. The number of carbonyl (C=O) groups excluding carboxylic acids is 1. The summed E-state index contributed by atoms with van der Waals surface area (Å²) in [6.45, 7) is 3.15. The van der Waals surface area contributed by atoms with Gasteiger partial charge < -0.3 is 5.32 Å². The first-order valence-electron chi connectivity index (χ1n) is 7.86. The Morgan fingerprint density at radius 1 is 1.22 bits per heavy atom. The molecule has 1 amide bonds. The minimum Gasteiger partial charge on any atom is -0.322 e. The van der Waals surface area contributed by atoms with Crippen molar-refractivity contribution >= 4 is 17.7 Å². The van der Waals surface area contributed by atoms with Gasteiger partial charge in [-0.05, 0) is 43.6 Å². The number of amides is 1. The summed E-state index contributed by atoms with van der Waals surface area (Å²) >= 11 is 0. The van der Waals surface area contributed by atoms with Crippen molar-refractivity contribution in [3.05, 3.63) is 60.2 Å². The van der Waals surface area contributed by atoms with E-state index in [-0.39, 0.29) is 5.91 Å². The third-order valence-electron chi connectivity index (χ3n) is 3.86. The Bertz CT molecular complexity index is 678. The molecule has 0 aliphatic carbocycles. The number of rotatable bonds is 5. The molecule has 1 saturated heterocycles. The second kappa shape index (κ2) is 7.65. The van der Waals surface area contributed by atoms with Crippen LogP contribution in [0.4, 0.5) is 5.69 Å². The van der Waals surface area contributed by atoms with Crippen LogP contribution in [0.2, 0.25) is 0 Å². The maximum absolute atomic E-state index is 12.1. The fourth-order valence-corrected chi connectivity index (χ4v) is 2.69. The number of carbonyl (C=O) groups is 1. The van der Waals surface area contributed by atoms with E-state index in [2.05, 4.69) is 26.3 Å². The van der Waals surface area contributed by atoms with E-state index in [1.807, 2.05) is 18.2 Å². The number of aromatic nitrogens is 2. The van der Waals surface area contributed by atoms with E-state index in [1.54, 1.807) is 24.7 Å². The normalized spacial score (nSPS) is 15.1. The van der Waals surface area contributed by atoms with Gasteiger partial charge in [0.2, 0.25) is 5.91 Å². The number of benzene rings is 1. The van der Waals surface area contributed by atoms with Crippen molar-refractivity contribution in [3.8, 4) is 0 Å². The molecule has 0 radical (unpaired) electrons. The highest BCUT2D eigenvalue weighted by Gasteiger charge is 2.13. The zero-order valence-corrected chi connectivity index (χ0v) is 13.0. The van der Waals surface area contributed by atoms with E-state index in [4.69, 9.17) is 0 Å². The monoisotopic (exact) mass is 308 g/mol. The smallest absolute Gasteiger partial charge is 0.248 e. The van der Waals surface area contributed by atoms with E-state index >= 15 is 0 Å². The molecular formula is C18H20N4O. The van der Waals surface area contributed by atoms with Crippen LogP contribution in [-0.2, 0) is 11.3 Å². The number of anilines is 1. The molecule has 0 saturated carbocycles. The molecule has 1 aromatic carbocycles. The van der Waals surface area contributed by atoms with Crippen molar-refractivity contribution in [1.29, 1.82) is 0 Å². The highest BCUT2D eigenvalue weighted by Crippen LogP contribution is 2.20. The van der Waals surface area contributed by atoms with Crippen LogP contribution in [0.25, 0.3) is 6.08 Å². The highest BCUT2D eigenvalue weighted by molar-refractivity contribution is 6.02. The van der Waals surface area contributed by atoms with Gasteiger partial charge in [0.25, 0.3) is 0 Å². The lowest BCUT2D eigenvalue weighted by molar-refractivity contribution is -0.111. The molecule has 1 aliphatic heterocycles. The van der Waals surface area contributed by atoms with Crippen molar-refractivity contribution < 1.29 is 4.79 Å². The number of nitrogens with one attached hydrogen (secondary N) is 1. The summed E-state index contributed by atoms with van der Waals surface area (Å²) in [6, 6.07) is 7.96. The van der Waals surface area contributed by atoms with Crippen molar-refractivity contribution in [3.63, 3.8) is 0 Å². The van der Waals surface area contributed by atoms with Crippen molar-refractivity contribution in [1.82, 2.24) is 14.9 Å². The third-order valence-corrected chi connectivity index (χ3v) is 3.86. The fourth-order valence-electron chi connectivity index (χ4n) is 2.69. The summed E-state index contributed by atoms with van der Waals surface area (Å²) < 4.78 is 0. The summed E-state index contributed by atoms with van der Waals surface area (Å²) in [5.41, 5.74) is 2.68. The second-order valence-electron chi connectivity index (χ2n) is 5.59. The van der Waals surface area contributed by atoms with Gasteiger partial charge in [-0.3, -0.25) is 19.7 Å². The molecule has 3 rings (SSSR count). The summed E-state index contributed by atoms with van der Waals surface area (Å²) in [4.78, 5) is 22.6. The number of hydrogen-bond donors (Lipinski definition) is 1. The van der Waals surface area contributed by atoms with E-state index in [0.29, 0.717) is 5.69 Å². The number of para-hydroxylation sites is 1. The van der Waals surface area contributed by atoms with Gasteiger partial charge in [0.15, 0.2) is 0 Å². The van der Waals surface area contributed by atoms with Crippen molar-refractivity contribution in [2.75, 3.05) is 18.4 Å². The number of nitrogens with zero attached hydrogens (tertiary/aromatic N) is 3. The predicted octanol–water partition coefficient (Wildman–Crippen LogP) is 2.72. The SMILES string of the molecule is O=C(/C=C/c1cnccn1)Nc1ccccc1CN1CCCC1. The maximum atomic E-state index is 12.1. The van der Waals surface area contributed by atoms with Crippen LogP contribution in [0, 0.1) is 0 Å². The molecule has 23 heavy (non-hydrogen) atoms. The Kier molecular flexibility index (Phi) is 5.11. The van der Waals surface area contributed by atoms with Crippen LogP contribution in [0.3, 0.4) is 0 Å². The first-order valence-corrected chi connectivity index (χ1v) is 7.86. The quantitative estimate of drug-likeness (QED) is 0.863. The van der Waals surface area contributed by atoms with E-state index < -0.39 is 0 Å². The van der Waals surface area contributed by atoms with Crippen LogP contribution < -0.4 is 5.32 Å². The minimum atomic E-state index is -0.162. The second-order valence-corrected chi connectivity index (χ2v) is 5.59. The maximum Gasteiger partial charge on any atom is 0.248 e. The topological polar surface area (TPSA) is 58.1 Å². The Balaban J connectivity index is 1.65. The lowest BCUT2D eigenvalue weighted by atomic mass is 10.1. The largest absolute Gasteiger partial charge is 0.322 e. The van der Waals surface area contributed by atoms with Gasteiger partial charge >= 0.3 is 0 Å². The fraction of sp³-hybridized carbons (Fsp3) is 0.278. The molecule has 5 nitrogen and oxygen atoms in total. The Morgan fingerprint density at radius 3 is 2.83 bits per heavy atom. The first kappa shape index (κ1) is 15.4. The molecular weight excluding hydrogens is 288 g/mol. The van der Waals surface area contributed by atoms with Crippen LogP contribution in [0.5, 0.6) is 0 Å². The Morgan fingerprint density at radius 2 is 2.04 bits per heavy atom. The van der Waals surface area contributed by atoms with Gasteiger partial charge in [-0.1, -0.05) is 18.2 Å². The van der Waals surface area contributed by atoms with E-state index in [9.17, 15) is 4.79 Å². The molecule has 0 spiro atoms.